The molecule has 6 nitrogen and oxygen atoms in total. The van der Waals surface area contributed by atoms with Crippen LogP contribution in [0.1, 0.15) is 18.1 Å². The van der Waals surface area contributed by atoms with E-state index in [1.807, 2.05) is 25.1 Å². The van der Waals surface area contributed by atoms with Gasteiger partial charge in [-0.15, -0.1) is 0 Å². The minimum Gasteiger partial charge on any atom is -0.497 e. The Morgan fingerprint density at radius 3 is 2.30 bits per heavy atom. The van der Waals surface area contributed by atoms with Crippen LogP contribution in [0.2, 0.25) is 0 Å². The van der Waals surface area contributed by atoms with Gasteiger partial charge < -0.3 is 14.8 Å². The van der Waals surface area contributed by atoms with Crippen molar-refractivity contribution in [3.05, 3.63) is 65.2 Å². The molecule has 2 aromatic carbocycles. The summed E-state index contributed by atoms with van der Waals surface area (Å²) in [5.41, 5.74) is 2.13. The van der Waals surface area contributed by atoms with Gasteiger partial charge in [-0.2, -0.15) is 5.26 Å². The fourth-order valence-electron chi connectivity index (χ4n) is 2.16. The molecule has 0 radical (unpaired) electrons. The van der Waals surface area contributed by atoms with E-state index in [0.29, 0.717) is 17.0 Å². The molecule has 0 aliphatic heterocycles. The Hall–Kier alpha value is -3.59. The minimum atomic E-state index is -1.06. The summed E-state index contributed by atoms with van der Waals surface area (Å²) in [4.78, 5) is 24.4. The SMILES string of the molecule is COc1ccc(NC(=O)[C@@H](C)OC(=O)/C(C#N)=C/c2ccc(C)cc2)cc1. The summed E-state index contributed by atoms with van der Waals surface area (Å²) in [5.74, 6) is -0.691. The average Bonchev–Trinajstić information content (AvgIpc) is 2.67. The van der Waals surface area contributed by atoms with Crippen LogP contribution in [0, 0.1) is 18.3 Å². The zero-order valence-corrected chi connectivity index (χ0v) is 15.4. The second kappa shape index (κ2) is 9.20. The lowest BCUT2D eigenvalue weighted by atomic mass is 10.1. The Morgan fingerprint density at radius 1 is 1.11 bits per heavy atom. The number of hydrogen-bond donors (Lipinski definition) is 1. The molecule has 6 heteroatoms. The monoisotopic (exact) mass is 364 g/mol. The van der Waals surface area contributed by atoms with Crippen LogP contribution in [-0.2, 0) is 14.3 Å². The summed E-state index contributed by atoms with van der Waals surface area (Å²) in [6.07, 6.45) is 0.366. The largest absolute Gasteiger partial charge is 0.497 e. The molecule has 0 fully saturated rings. The van der Waals surface area contributed by atoms with Gasteiger partial charge in [0.1, 0.15) is 17.4 Å². The van der Waals surface area contributed by atoms with E-state index in [9.17, 15) is 14.9 Å². The molecular formula is C21H20N2O4. The Labute approximate surface area is 158 Å². The first-order valence-electron chi connectivity index (χ1n) is 8.27. The van der Waals surface area contributed by atoms with E-state index < -0.39 is 18.0 Å². The summed E-state index contributed by atoms with van der Waals surface area (Å²) in [6, 6.07) is 15.9. The van der Waals surface area contributed by atoms with Gasteiger partial charge in [-0.05, 0) is 49.8 Å². The second-order valence-electron chi connectivity index (χ2n) is 5.85. The van der Waals surface area contributed by atoms with E-state index in [0.717, 1.165) is 5.56 Å². The number of nitrogens with one attached hydrogen (secondary N) is 1. The van der Waals surface area contributed by atoms with Gasteiger partial charge in [-0.1, -0.05) is 29.8 Å². The smallest absolute Gasteiger partial charge is 0.349 e. The third kappa shape index (κ3) is 5.72. The molecule has 1 N–H and O–H groups in total. The summed E-state index contributed by atoms with van der Waals surface area (Å²) < 4.78 is 10.2. The topological polar surface area (TPSA) is 88.4 Å². The van der Waals surface area contributed by atoms with Crippen LogP contribution in [0.5, 0.6) is 5.75 Å². The van der Waals surface area contributed by atoms with Crippen LogP contribution < -0.4 is 10.1 Å². The molecule has 0 heterocycles. The van der Waals surface area contributed by atoms with E-state index in [1.165, 1.54) is 13.0 Å². The summed E-state index contributed by atoms with van der Waals surface area (Å²) in [7, 11) is 1.55. The molecule has 0 unspecified atom stereocenters. The number of nitriles is 1. The Kier molecular flexibility index (Phi) is 6.73. The van der Waals surface area contributed by atoms with E-state index in [-0.39, 0.29) is 5.57 Å². The van der Waals surface area contributed by atoms with Crippen molar-refractivity contribution >= 4 is 23.6 Å². The first-order chi connectivity index (χ1) is 12.9. The van der Waals surface area contributed by atoms with Crippen molar-refractivity contribution in [3.63, 3.8) is 0 Å². The maximum atomic E-state index is 12.2. The quantitative estimate of drug-likeness (QED) is 0.482. The Bertz CT molecular complexity index is 878. The Balaban J connectivity index is 2.00. The van der Waals surface area contributed by atoms with Crippen molar-refractivity contribution < 1.29 is 19.1 Å². The fraction of sp³-hybridized carbons (Fsp3) is 0.190. The van der Waals surface area contributed by atoms with E-state index in [4.69, 9.17) is 9.47 Å². The van der Waals surface area contributed by atoms with Crippen LogP contribution in [0.25, 0.3) is 6.08 Å². The highest BCUT2D eigenvalue weighted by Crippen LogP contribution is 2.16. The number of esters is 1. The van der Waals surface area contributed by atoms with Crippen molar-refractivity contribution in [2.75, 3.05) is 12.4 Å². The molecule has 2 aromatic rings. The number of carbonyl (C=O) groups is 2. The van der Waals surface area contributed by atoms with E-state index >= 15 is 0 Å². The van der Waals surface area contributed by atoms with Crippen LogP contribution in [0.15, 0.2) is 54.1 Å². The van der Waals surface area contributed by atoms with Gasteiger partial charge in [0.15, 0.2) is 6.10 Å². The number of ether oxygens (including phenoxy) is 2. The number of methoxy groups -OCH3 is 1. The summed E-state index contributed by atoms with van der Waals surface area (Å²) >= 11 is 0. The van der Waals surface area contributed by atoms with Gasteiger partial charge >= 0.3 is 5.97 Å². The Morgan fingerprint density at radius 2 is 1.74 bits per heavy atom. The van der Waals surface area contributed by atoms with Crippen LogP contribution in [0.3, 0.4) is 0 Å². The lowest BCUT2D eigenvalue weighted by molar-refractivity contribution is -0.148. The van der Waals surface area contributed by atoms with Crippen LogP contribution in [0.4, 0.5) is 5.69 Å². The first-order valence-corrected chi connectivity index (χ1v) is 8.27. The van der Waals surface area contributed by atoms with Crippen molar-refractivity contribution in [3.8, 4) is 11.8 Å². The molecule has 0 bridgehead atoms. The molecule has 0 saturated carbocycles. The molecule has 2 rings (SSSR count). The molecule has 1 atom stereocenters. The molecule has 0 aromatic heterocycles. The predicted octanol–water partition coefficient (Wildman–Crippen LogP) is 3.48. The highest BCUT2D eigenvalue weighted by molar-refractivity contribution is 6.01. The lowest BCUT2D eigenvalue weighted by Crippen LogP contribution is -2.30. The number of benzene rings is 2. The third-order valence-corrected chi connectivity index (χ3v) is 3.74. The fourth-order valence-corrected chi connectivity index (χ4v) is 2.16. The number of nitrogens with zero attached hydrogens (tertiary/aromatic N) is 1. The van der Waals surface area contributed by atoms with Crippen molar-refractivity contribution in [1.82, 2.24) is 0 Å². The highest BCUT2D eigenvalue weighted by atomic mass is 16.5. The molecule has 0 aliphatic rings. The van der Waals surface area contributed by atoms with Gasteiger partial charge in [-0.25, -0.2) is 4.79 Å². The lowest BCUT2D eigenvalue weighted by Gasteiger charge is -2.13. The number of amides is 1. The second-order valence-corrected chi connectivity index (χ2v) is 5.85. The van der Waals surface area contributed by atoms with Gasteiger partial charge in [0.25, 0.3) is 5.91 Å². The average molecular weight is 364 g/mol. The minimum absolute atomic E-state index is 0.178. The predicted molar refractivity (Wildman–Crippen MR) is 102 cm³/mol. The van der Waals surface area contributed by atoms with Crippen molar-refractivity contribution in [2.45, 2.75) is 20.0 Å². The van der Waals surface area contributed by atoms with Crippen LogP contribution in [-0.4, -0.2) is 25.1 Å². The molecule has 1 amide bonds. The third-order valence-electron chi connectivity index (χ3n) is 3.74. The van der Waals surface area contributed by atoms with Gasteiger partial charge in [0.05, 0.1) is 7.11 Å². The van der Waals surface area contributed by atoms with Gasteiger partial charge in [0.2, 0.25) is 0 Å². The number of hydrogen-bond acceptors (Lipinski definition) is 5. The van der Waals surface area contributed by atoms with Crippen molar-refractivity contribution in [2.24, 2.45) is 0 Å². The maximum absolute atomic E-state index is 12.2. The molecule has 27 heavy (non-hydrogen) atoms. The zero-order chi connectivity index (χ0) is 19.8. The number of anilines is 1. The number of rotatable bonds is 6. The van der Waals surface area contributed by atoms with Crippen molar-refractivity contribution in [1.29, 1.82) is 5.26 Å². The number of aryl methyl sites for hydroxylation is 1. The molecule has 0 saturated heterocycles. The summed E-state index contributed by atoms with van der Waals surface area (Å²) in [5, 5.41) is 11.9. The molecule has 0 spiro atoms. The maximum Gasteiger partial charge on any atom is 0.349 e. The molecule has 0 aliphatic carbocycles. The first kappa shape index (κ1) is 19.7. The zero-order valence-electron chi connectivity index (χ0n) is 15.4. The van der Waals surface area contributed by atoms with E-state index in [2.05, 4.69) is 5.32 Å². The van der Waals surface area contributed by atoms with E-state index in [1.54, 1.807) is 43.5 Å². The summed E-state index contributed by atoms with van der Waals surface area (Å²) in [6.45, 7) is 3.38. The normalized spacial score (nSPS) is 11.9. The van der Waals surface area contributed by atoms with Gasteiger partial charge in [0, 0.05) is 5.69 Å². The van der Waals surface area contributed by atoms with Crippen LogP contribution >= 0.6 is 0 Å². The number of carbonyl (C=O) groups excluding carboxylic acids is 2. The molecular weight excluding hydrogens is 344 g/mol. The van der Waals surface area contributed by atoms with Gasteiger partial charge in [-0.3, -0.25) is 4.79 Å². The molecule has 138 valence electrons. The standard InChI is InChI=1S/C21H20N2O4/c1-14-4-6-16(7-5-14)12-17(13-22)21(25)27-15(2)20(24)23-18-8-10-19(26-3)11-9-18/h4-12,15H,1-3H3,(H,23,24)/b17-12+/t15-/m1/s1. The highest BCUT2D eigenvalue weighted by Gasteiger charge is 2.20.